The molecule has 1 saturated carbocycles. The van der Waals surface area contributed by atoms with Crippen LogP contribution in [0.4, 0.5) is 0 Å². The van der Waals surface area contributed by atoms with Gasteiger partial charge >= 0.3 is 0 Å². The molecular formula is C20H32N4OS. The summed E-state index contributed by atoms with van der Waals surface area (Å²) in [6.45, 7) is 3.91. The summed E-state index contributed by atoms with van der Waals surface area (Å²) < 4.78 is 2.24. The molecule has 1 saturated heterocycles. The summed E-state index contributed by atoms with van der Waals surface area (Å²) >= 11 is 2.19. The number of unbranched alkanes of at least 4 members (excludes halogenated alkanes) is 1. The van der Waals surface area contributed by atoms with E-state index in [1.807, 2.05) is 19.3 Å². The van der Waals surface area contributed by atoms with Crippen molar-refractivity contribution in [3.8, 4) is 0 Å². The highest BCUT2D eigenvalue weighted by Gasteiger charge is 2.38. The fourth-order valence-corrected chi connectivity index (χ4v) is 5.68. The average Bonchev–Trinajstić information content (AvgIpc) is 2.67. The lowest BCUT2D eigenvalue weighted by Gasteiger charge is -2.45. The fraction of sp³-hybridized carbons (Fsp3) is 0.700. The number of pyridine rings is 1. The van der Waals surface area contributed by atoms with E-state index in [0.717, 1.165) is 45.0 Å². The van der Waals surface area contributed by atoms with Gasteiger partial charge in [0.2, 0.25) is 5.56 Å². The summed E-state index contributed by atoms with van der Waals surface area (Å²) in [5, 5.41) is 3.54. The minimum absolute atomic E-state index is 0.0832. The molecule has 144 valence electrons. The number of guanidine groups is 1. The van der Waals surface area contributed by atoms with Gasteiger partial charge in [0.15, 0.2) is 5.96 Å². The fourth-order valence-electron chi connectivity index (χ4n) is 4.11. The molecule has 1 spiro atoms. The van der Waals surface area contributed by atoms with Crippen molar-refractivity contribution in [1.82, 2.24) is 14.8 Å². The Bertz CT molecular complexity index is 646. The van der Waals surface area contributed by atoms with Crippen molar-refractivity contribution in [2.75, 3.05) is 32.4 Å². The van der Waals surface area contributed by atoms with E-state index in [4.69, 9.17) is 0 Å². The number of nitrogens with one attached hydrogen (secondary N) is 1. The number of nitrogens with zero attached hydrogens (tertiary/aromatic N) is 3. The second-order valence-corrected chi connectivity index (χ2v) is 8.99. The molecule has 1 aromatic heterocycles. The molecule has 1 aromatic rings. The van der Waals surface area contributed by atoms with Crippen LogP contribution in [0.1, 0.15) is 44.9 Å². The lowest BCUT2D eigenvalue weighted by atomic mass is 9.87. The van der Waals surface area contributed by atoms with Gasteiger partial charge in [0.1, 0.15) is 0 Å². The molecule has 6 heteroatoms. The summed E-state index contributed by atoms with van der Waals surface area (Å²) in [6, 6.07) is 5.33. The van der Waals surface area contributed by atoms with Gasteiger partial charge in [-0.2, -0.15) is 11.8 Å². The first-order valence-electron chi connectivity index (χ1n) is 9.97. The zero-order chi connectivity index (χ0) is 18.2. The van der Waals surface area contributed by atoms with Crippen LogP contribution >= 0.6 is 11.8 Å². The van der Waals surface area contributed by atoms with Crippen molar-refractivity contribution in [3.05, 3.63) is 34.7 Å². The molecule has 0 aromatic carbocycles. The Morgan fingerprint density at radius 3 is 2.88 bits per heavy atom. The molecule has 5 nitrogen and oxygen atoms in total. The van der Waals surface area contributed by atoms with Crippen molar-refractivity contribution in [2.45, 2.75) is 56.2 Å². The van der Waals surface area contributed by atoms with E-state index < -0.39 is 0 Å². The molecule has 2 heterocycles. The summed E-state index contributed by atoms with van der Waals surface area (Å²) in [5.74, 6) is 2.25. The van der Waals surface area contributed by atoms with E-state index in [1.165, 1.54) is 37.9 Å². The van der Waals surface area contributed by atoms with E-state index in [1.54, 1.807) is 16.7 Å². The van der Waals surface area contributed by atoms with Crippen LogP contribution < -0.4 is 10.9 Å². The molecule has 0 bridgehead atoms. The van der Waals surface area contributed by atoms with E-state index in [9.17, 15) is 4.79 Å². The average molecular weight is 377 g/mol. The molecule has 26 heavy (non-hydrogen) atoms. The Hall–Kier alpha value is -1.43. The third-order valence-electron chi connectivity index (χ3n) is 5.53. The van der Waals surface area contributed by atoms with Gasteiger partial charge < -0.3 is 14.8 Å². The molecule has 2 fully saturated rings. The zero-order valence-electron chi connectivity index (χ0n) is 16.0. The largest absolute Gasteiger partial charge is 0.356 e. The smallest absolute Gasteiger partial charge is 0.250 e. The minimum Gasteiger partial charge on any atom is -0.356 e. The van der Waals surface area contributed by atoms with E-state index in [-0.39, 0.29) is 5.56 Å². The van der Waals surface area contributed by atoms with Gasteiger partial charge in [-0.3, -0.25) is 9.79 Å². The van der Waals surface area contributed by atoms with Crippen LogP contribution in [0.25, 0.3) is 0 Å². The number of thioether (sulfide) groups is 1. The molecule has 0 unspecified atom stereocenters. The highest BCUT2D eigenvalue weighted by molar-refractivity contribution is 8.00. The van der Waals surface area contributed by atoms with Crippen LogP contribution in [0, 0.1) is 0 Å². The minimum atomic E-state index is 0.0832. The van der Waals surface area contributed by atoms with Crippen molar-refractivity contribution >= 4 is 17.7 Å². The molecular weight excluding hydrogens is 344 g/mol. The van der Waals surface area contributed by atoms with Crippen LogP contribution in [-0.4, -0.2) is 52.6 Å². The van der Waals surface area contributed by atoms with Gasteiger partial charge in [-0.15, -0.1) is 0 Å². The molecule has 1 aliphatic carbocycles. The van der Waals surface area contributed by atoms with E-state index >= 15 is 0 Å². The van der Waals surface area contributed by atoms with Crippen LogP contribution in [0.15, 0.2) is 34.2 Å². The molecule has 0 atom stereocenters. The van der Waals surface area contributed by atoms with Gasteiger partial charge in [-0.1, -0.05) is 25.3 Å². The van der Waals surface area contributed by atoms with Crippen LogP contribution in [-0.2, 0) is 6.54 Å². The third kappa shape index (κ3) is 5.06. The first-order valence-corrected chi connectivity index (χ1v) is 11.0. The second-order valence-electron chi connectivity index (χ2n) is 7.43. The topological polar surface area (TPSA) is 49.6 Å². The quantitative estimate of drug-likeness (QED) is 0.488. The van der Waals surface area contributed by atoms with Crippen molar-refractivity contribution < 1.29 is 0 Å². The standard InChI is InChI=1S/C20H32N4OS/c1-21-19(22-12-6-8-14-23-13-7-3-9-18(23)25)24-15-16-26-20(17-24)10-4-2-5-11-20/h3,7,9,13H,2,4-6,8,10-12,14-17H2,1H3,(H,21,22). The Morgan fingerprint density at radius 2 is 2.12 bits per heavy atom. The van der Waals surface area contributed by atoms with Crippen LogP contribution in [0.5, 0.6) is 0 Å². The first kappa shape index (κ1) is 19.3. The number of hydrogen-bond acceptors (Lipinski definition) is 3. The third-order valence-corrected chi connectivity index (χ3v) is 7.07. The number of aryl methyl sites for hydroxylation is 1. The maximum atomic E-state index is 11.7. The first-order chi connectivity index (χ1) is 12.7. The highest BCUT2D eigenvalue weighted by atomic mass is 32.2. The van der Waals surface area contributed by atoms with Gasteiger partial charge in [-0.05, 0) is 31.7 Å². The summed E-state index contributed by atoms with van der Waals surface area (Å²) in [7, 11) is 1.89. The molecule has 3 rings (SSSR count). The number of aromatic nitrogens is 1. The van der Waals surface area contributed by atoms with Crippen molar-refractivity contribution in [2.24, 2.45) is 4.99 Å². The maximum absolute atomic E-state index is 11.7. The summed E-state index contributed by atoms with van der Waals surface area (Å²) in [5.41, 5.74) is 0.0832. The van der Waals surface area contributed by atoms with Crippen molar-refractivity contribution in [3.63, 3.8) is 0 Å². The summed E-state index contributed by atoms with van der Waals surface area (Å²) in [6.07, 6.45) is 10.8. The molecule has 1 aliphatic heterocycles. The predicted molar refractivity (Wildman–Crippen MR) is 111 cm³/mol. The Balaban J connectivity index is 1.43. The molecule has 2 aliphatic rings. The lowest BCUT2D eigenvalue weighted by molar-refractivity contribution is 0.293. The molecule has 1 N–H and O–H groups in total. The van der Waals surface area contributed by atoms with Gasteiger partial charge in [-0.25, -0.2) is 0 Å². The Kier molecular flexibility index (Phi) is 7.06. The zero-order valence-corrected chi connectivity index (χ0v) is 16.8. The van der Waals surface area contributed by atoms with Gasteiger partial charge in [0.25, 0.3) is 0 Å². The van der Waals surface area contributed by atoms with Crippen LogP contribution in [0.2, 0.25) is 0 Å². The number of hydrogen-bond donors (Lipinski definition) is 1. The van der Waals surface area contributed by atoms with Gasteiger partial charge in [0.05, 0.1) is 0 Å². The van der Waals surface area contributed by atoms with E-state index in [2.05, 4.69) is 27.0 Å². The SMILES string of the molecule is CN=C(NCCCCn1ccccc1=O)N1CCSC2(CCCCC2)C1. The van der Waals surface area contributed by atoms with Crippen LogP contribution in [0.3, 0.4) is 0 Å². The second kappa shape index (κ2) is 9.49. The number of rotatable bonds is 5. The Labute approximate surface area is 161 Å². The predicted octanol–water partition coefficient (Wildman–Crippen LogP) is 2.96. The summed E-state index contributed by atoms with van der Waals surface area (Å²) in [4.78, 5) is 18.7. The maximum Gasteiger partial charge on any atom is 0.250 e. The van der Waals surface area contributed by atoms with Crippen molar-refractivity contribution in [1.29, 1.82) is 0 Å². The normalized spacial score (nSPS) is 20.3. The Morgan fingerprint density at radius 1 is 1.27 bits per heavy atom. The lowest BCUT2D eigenvalue weighted by Crippen LogP contribution is -2.53. The molecule has 0 radical (unpaired) electrons. The van der Waals surface area contributed by atoms with Gasteiger partial charge in [0, 0.05) is 56.0 Å². The van der Waals surface area contributed by atoms with E-state index in [0.29, 0.717) is 4.75 Å². The monoisotopic (exact) mass is 376 g/mol. The highest BCUT2D eigenvalue weighted by Crippen LogP contribution is 2.42. The number of aliphatic imine (C=N–C) groups is 1. The molecule has 0 amide bonds.